The largest absolute Gasteiger partial charge is 0.103 e. The molecule has 0 heterocycles. The number of halogens is 4. The van der Waals surface area contributed by atoms with Crippen LogP contribution in [-0.2, 0) is 6.42 Å². The van der Waals surface area contributed by atoms with E-state index in [0.29, 0.717) is 0 Å². The summed E-state index contributed by atoms with van der Waals surface area (Å²) in [6, 6.07) is 4.28. The average molecular weight is 446 g/mol. The highest BCUT2D eigenvalue weighted by Crippen LogP contribution is 2.39. The number of hydrogen-bond donors (Lipinski definition) is 0. The lowest BCUT2D eigenvalue weighted by Crippen LogP contribution is -2.15. The Kier molecular flexibility index (Phi) is 3.28. The van der Waals surface area contributed by atoms with E-state index in [2.05, 4.69) is 88.0 Å². The SMILES string of the molecule is Brc1cc2c(cc1Br)CC(Br)(Br)C=C2. The van der Waals surface area contributed by atoms with E-state index < -0.39 is 0 Å². The summed E-state index contributed by atoms with van der Waals surface area (Å²) in [6.45, 7) is 0. The molecule has 0 unspecified atom stereocenters. The van der Waals surface area contributed by atoms with Gasteiger partial charge in [-0.2, -0.15) is 0 Å². The zero-order valence-electron chi connectivity index (χ0n) is 7.03. The van der Waals surface area contributed by atoms with E-state index in [0.717, 1.165) is 15.4 Å². The molecule has 0 radical (unpaired) electrons. The van der Waals surface area contributed by atoms with Crippen molar-refractivity contribution in [3.05, 3.63) is 38.3 Å². The van der Waals surface area contributed by atoms with Crippen molar-refractivity contribution in [3.8, 4) is 0 Å². The van der Waals surface area contributed by atoms with Crippen molar-refractivity contribution < 1.29 is 0 Å². The molecule has 1 aromatic carbocycles. The fraction of sp³-hybridized carbons (Fsp3) is 0.200. The zero-order chi connectivity index (χ0) is 10.3. The minimum atomic E-state index is -0.0831. The highest BCUT2D eigenvalue weighted by molar-refractivity contribution is 9.25. The van der Waals surface area contributed by atoms with Crippen molar-refractivity contribution in [3.63, 3.8) is 0 Å². The van der Waals surface area contributed by atoms with Crippen LogP contribution in [0.1, 0.15) is 11.1 Å². The number of hydrogen-bond acceptors (Lipinski definition) is 0. The predicted molar refractivity (Wildman–Crippen MR) is 75.2 cm³/mol. The Morgan fingerprint density at radius 1 is 1.07 bits per heavy atom. The molecular formula is C10H6Br4. The third kappa shape index (κ3) is 2.34. The van der Waals surface area contributed by atoms with Crippen LogP contribution in [0.5, 0.6) is 0 Å². The number of benzene rings is 1. The Labute approximate surface area is 117 Å². The van der Waals surface area contributed by atoms with Crippen molar-refractivity contribution >= 4 is 69.8 Å². The second kappa shape index (κ2) is 4.04. The lowest BCUT2D eigenvalue weighted by atomic mass is 9.98. The zero-order valence-corrected chi connectivity index (χ0v) is 13.4. The van der Waals surface area contributed by atoms with Gasteiger partial charge in [0.2, 0.25) is 0 Å². The van der Waals surface area contributed by atoms with Crippen LogP contribution < -0.4 is 0 Å². The van der Waals surface area contributed by atoms with E-state index in [1.807, 2.05) is 0 Å². The van der Waals surface area contributed by atoms with E-state index in [1.165, 1.54) is 11.1 Å². The van der Waals surface area contributed by atoms with Gasteiger partial charge in [0.1, 0.15) is 3.23 Å². The van der Waals surface area contributed by atoms with Crippen molar-refractivity contribution in [2.24, 2.45) is 0 Å². The molecule has 14 heavy (non-hydrogen) atoms. The third-order valence-electron chi connectivity index (χ3n) is 2.12. The molecule has 1 aliphatic rings. The first-order valence-corrected chi connectivity index (χ1v) is 7.20. The summed E-state index contributed by atoms with van der Waals surface area (Å²) >= 11 is 14.2. The van der Waals surface area contributed by atoms with E-state index in [-0.39, 0.29) is 3.23 Å². The molecule has 4 heteroatoms. The highest BCUT2D eigenvalue weighted by atomic mass is 79.9. The summed E-state index contributed by atoms with van der Waals surface area (Å²) < 4.78 is 2.11. The van der Waals surface area contributed by atoms with Gasteiger partial charge in [-0.3, -0.25) is 0 Å². The number of allylic oxidation sites excluding steroid dienone is 1. The van der Waals surface area contributed by atoms with Crippen LogP contribution in [0.15, 0.2) is 27.2 Å². The van der Waals surface area contributed by atoms with Crippen LogP contribution in [0.25, 0.3) is 6.08 Å². The molecule has 0 fully saturated rings. The standard InChI is InChI=1S/C10H6Br4/c11-8-3-6-1-2-10(13,14)5-7(6)4-9(8)12/h1-4H,5H2. The van der Waals surface area contributed by atoms with Gasteiger partial charge >= 0.3 is 0 Å². The maximum atomic E-state index is 3.61. The van der Waals surface area contributed by atoms with Gasteiger partial charge in [-0.15, -0.1) is 0 Å². The molecule has 0 nitrogen and oxygen atoms in total. The second-order valence-electron chi connectivity index (χ2n) is 3.24. The first-order chi connectivity index (χ1) is 6.48. The summed E-state index contributed by atoms with van der Waals surface area (Å²) in [4.78, 5) is 0. The molecule has 2 rings (SSSR count). The van der Waals surface area contributed by atoms with Gasteiger partial charge in [-0.1, -0.05) is 44.0 Å². The van der Waals surface area contributed by atoms with Crippen LogP contribution in [-0.4, -0.2) is 3.23 Å². The van der Waals surface area contributed by atoms with Crippen molar-refractivity contribution in [1.29, 1.82) is 0 Å². The van der Waals surface area contributed by atoms with E-state index in [9.17, 15) is 0 Å². The summed E-state index contributed by atoms with van der Waals surface area (Å²) in [5.74, 6) is 0. The first-order valence-electron chi connectivity index (χ1n) is 4.03. The molecule has 0 saturated carbocycles. The van der Waals surface area contributed by atoms with Crippen LogP contribution >= 0.6 is 63.7 Å². The predicted octanol–water partition coefficient (Wildman–Crippen LogP) is 5.27. The topological polar surface area (TPSA) is 0 Å². The molecule has 0 atom stereocenters. The molecule has 1 aromatic rings. The van der Waals surface area contributed by atoms with E-state index >= 15 is 0 Å². The Morgan fingerprint density at radius 3 is 2.43 bits per heavy atom. The minimum absolute atomic E-state index is 0.0831. The molecule has 0 aromatic heterocycles. The van der Waals surface area contributed by atoms with Crippen molar-refractivity contribution in [2.45, 2.75) is 9.65 Å². The third-order valence-corrected chi connectivity index (χ3v) is 5.05. The molecule has 0 N–H and O–H groups in total. The smallest absolute Gasteiger partial charge is 0.0677 e. The molecule has 74 valence electrons. The lowest BCUT2D eigenvalue weighted by Gasteiger charge is -2.22. The van der Waals surface area contributed by atoms with Crippen molar-refractivity contribution in [2.75, 3.05) is 0 Å². The maximum absolute atomic E-state index is 3.61. The number of fused-ring (bicyclic) bond motifs is 1. The Morgan fingerprint density at radius 2 is 1.71 bits per heavy atom. The van der Waals surface area contributed by atoms with Gasteiger partial charge in [0.15, 0.2) is 0 Å². The normalized spacial score (nSPS) is 18.0. The molecule has 0 saturated heterocycles. The monoisotopic (exact) mass is 442 g/mol. The van der Waals surface area contributed by atoms with Crippen LogP contribution in [0, 0.1) is 0 Å². The molecule has 0 spiro atoms. The van der Waals surface area contributed by atoms with Crippen LogP contribution in [0.4, 0.5) is 0 Å². The van der Waals surface area contributed by atoms with Gasteiger partial charge in [0.25, 0.3) is 0 Å². The quantitative estimate of drug-likeness (QED) is 0.477. The average Bonchev–Trinajstić information content (AvgIpc) is 2.07. The van der Waals surface area contributed by atoms with Gasteiger partial charge in [0, 0.05) is 15.4 Å². The van der Waals surface area contributed by atoms with Crippen molar-refractivity contribution in [1.82, 2.24) is 0 Å². The fourth-order valence-electron chi connectivity index (χ4n) is 1.44. The summed E-state index contributed by atoms with van der Waals surface area (Å²) in [6.07, 6.45) is 5.19. The maximum Gasteiger partial charge on any atom is 0.103 e. The summed E-state index contributed by atoms with van der Waals surface area (Å²) in [5, 5.41) is 0. The van der Waals surface area contributed by atoms with Gasteiger partial charge in [0.05, 0.1) is 0 Å². The van der Waals surface area contributed by atoms with Gasteiger partial charge in [-0.05, 0) is 55.1 Å². The van der Waals surface area contributed by atoms with E-state index in [1.54, 1.807) is 0 Å². The Balaban J connectivity index is 2.52. The summed E-state index contributed by atoms with van der Waals surface area (Å²) in [5.41, 5.74) is 2.60. The molecule has 0 bridgehead atoms. The van der Waals surface area contributed by atoms with Crippen LogP contribution in [0.3, 0.4) is 0 Å². The first kappa shape index (κ1) is 11.4. The molecule has 0 amide bonds. The number of alkyl halides is 2. The molecular weight excluding hydrogens is 440 g/mol. The van der Waals surface area contributed by atoms with Gasteiger partial charge in [-0.25, -0.2) is 0 Å². The Hall–Kier alpha value is 0.880. The fourth-order valence-corrected chi connectivity index (χ4v) is 3.06. The highest BCUT2D eigenvalue weighted by Gasteiger charge is 2.24. The van der Waals surface area contributed by atoms with E-state index in [4.69, 9.17) is 0 Å². The molecule has 1 aliphatic carbocycles. The minimum Gasteiger partial charge on any atom is -0.0677 e. The Bertz CT molecular complexity index is 407. The molecule has 0 aliphatic heterocycles. The number of rotatable bonds is 0. The van der Waals surface area contributed by atoms with Gasteiger partial charge < -0.3 is 0 Å². The summed E-state index contributed by atoms with van der Waals surface area (Å²) in [7, 11) is 0. The lowest BCUT2D eigenvalue weighted by molar-refractivity contribution is 0.975. The second-order valence-corrected chi connectivity index (χ2v) is 8.84. The van der Waals surface area contributed by atoms with Crippen LogP contribution in [0.2, 0.25) is 0 Å².